The molecule has 0 saturated carbocycles. The van der Waals surface area contributed by atoms with Crippen LogP contribution in [0.1, 0.15) is 35.4 Å². The normalized spacial score (nSPS) is 16.6. The Labute approximate surface area is 141 Å². The van der Waals surface area contributed by atoms with Crippen molar-refractivity contribution >= 4 is 0 Å². The summed E-state index contributed by atoms with van der Waals surface area (Å²) in [5.74, 6) is 0.258. The van der Waals surface area contributed by atoms with Gasteiger partial charge in [-0.15, -0.1) is 0 Å². The molecule has 1 atom stereocenters. The molecule has 120 valence electrons. The lowest BCUT2D eigenvalue weighted by Crippen LogP contribution is -2.11. The maximum atomic E-state index is 9.73. The average molecular weight is 317 g/mol. The van der Waals surface area contributed by atoms with Gasteiger partial charge in [0.2, 0.25) is 0 Å². The predicted octanol–water partition coefficient (Wildman–Crippen LogP) is 4.63. The number of hydrogen-bond acceptors (Lipinski definition) is 3. The molecule has 3 nitrogen and oxygen atoms in total. The minimum atomic E-state index is -0.0885. The molecule has 2 N–H and O–H groups in total. The van der Waals surface area contributed by atoms with Gasteiger partial charge in [-0.25, -0.2) is 0 Å². The van der Waals surface area contributed by atoms with E-state index in [1.807, 2.05) is 18.5 Å². The van der Waals surface area contributed by atoms with E-state index in [4.69, 9.17) is 0 Å². The van der Waals surface area contributed by atoms with Crippen LogP contribution in [0.25, 0.3) is 11.1 Å². The van der Waals surface area contributed by atoms with E-state index in [0.29, 0.717) is 5.92 Å². The average Bonchev–Trinajstić information content (AvgIpc) is 2.64. The number of hydrogen-bond donors (Lipinski definition) is 2. The molecule has 3 aromatic rings. The molecule has 0 radical (unpaired) electrons. The van der Waals surface area contributed by atoms with E-state index < -0.39 is 0 Å². The lowest BCUT2D eigenvalue weighted by molar-refractivity contribution is 0.404. The van der Waals surface area contributed by atoms with Crippen LogP contribution in [-0.2, 0) is 6.42 Å². The summed E-state index contributed by atoms with van der Waals surface area (Å²) < 4.78 is 0. The summed E-state index contributed by atoms with van der Waals surface area (Å²) in [4.78, 5) is 4.12. The van der Waals surface area contributed by atoms with Gasteiger partial charge >= 0.3 is 0 Å². The topological polar surface area (TPSA) is 53.4 Å². The van der Waals surface area contributed by atoms with Crippen LogP contribution in [0.4, 0.5) is 0 Å². The first-order valence-electron chi connectivity index (χ1n) is 8.27. The van der Waals surface area contributed by atoms with Gasteiger partial charge < -0.3 is 10.2 Å². The van der Waals surface area contributed by atoms with Gasteiger partial charge in [0.15, 0.2) is 11.5 Å². The molecule has 1 heterocycles. The minimum Gasteiger partial charge on any atom is -0.504 e. The molecule has 2 aromatic carbocycles. The Hall–Kier alpha value is -2.81. The third-order valence-corrected chi connectivity index (χ3v) is 4.87. The molecule has 1 aliphatic carbocycles. The Morgan fingerprint density at radius 2 is 1.58 bits per heavy atom. The Morgan fingerprint density at radius 3 is 2.38 bits per heavy atom. The smallest absolute Gasteiger partial charge is 0.158 e. The number of fused-ring (bicyclic) bond motifs is 1. The minimum absolute atomic E-state index is 0.0834. The molecule has 1 aromatic heterocycles. The molecule has 3 heteroatoms. The molecule has 0 amide bonds. The summed E-state index contributed by atoms with van der Waals surface area (Å²) in [5, 5.41) is 19.2. The van der Waals surface area contributed by atoms with Crippen molar-refractivity contribution in [3.8, 4) is 22.6 Å². The number of aromatic hydroxyl groups is 2. The van der Waals surface area contributed by atoms with Gasteiger partial charge in [0.25, 0.3) is 0 Å². The van der Waals surface area contributed by atoms with Crippen molar-refractivity contribution in [2.75, 3.05) is 0 Å². The van der Waals surface area contributed by atoms with Crippen molar-refractivity contribution in [3.63, 3.8) is 0 Å². The van der Waals surface area contributed by atoms with Crippen LogP contribution >= 0.6 is 0 Å². The van der Waals surface area contributed by atoms with Gasteiger partial charge in [0.05, 0.1) is 0 Å². The number of rotatable bonds is 2. The highest BCUT2D eigenvalue weighted by Crippen LogP contribution is 2.39. The van der Waals surface area contributed by atoms with E-state index in [1.54, 1.807) is 6.07 Å². The van der Waals surface area contributed by atoms with Gasteiger partial charge in [-0.05, 0) is 71.3 Å². The van der Waals surface area contributed by atoms with E-state index >= 15 is 0 Å². The largest absolute Gasteiger partial charge is 0.504 e. The number of phenols is 2. The maximum absolute atomic E-state index is 9.73. The zero-order valence-electron chi connectivity index (χ0n) is 13.3. The standard InChI is InChI=1S/C21H19NO2/c23-20-7-5-16(13-21(20)24)15-4-6-19-17(12-15)2-1-3-18(19)14-8-10-22-11-9-14/h4-13,18,23-24H,1-3H2. The first-order chi connectivity index (χ1) is 11.7. The van der Waals surface area contributed by atoms with Crippen LogP contribution in [0, 0.1) is 0 Å². The Bertz CT molecular complexity index is 874. The van der Waals surface area contributed by atoms with Crippen LogP contribution in [0.3, 0.4) is 0 Å². The molecule has 0 fully saturated rings. The van der Waals surface area contributed by atoms with Crippen molar-refractivity contribution in [2.24, 2.45) is 0 Å². The third kappa shape index (κ3) is 2.62. The summed E-state index contributed by atoms with van der Waals surface area (Å²) in [6.07, 6.45) is 7.13. The Morgan fingerprint density at radius 1 is 0.833 bits per heavy atom. The van der Waals surface area contributed by atoms with E-state index in [1.165, 1.54) is 29.2 Å². The molecule has 0 saturated heterocycles. The number of nitrogens with zero attached hydrogens (tertiary/aromatic N) is 1. The number of phenolic OH excluding ortho intramolecular Hbond substituents is 2. The SMILES string of the molecule is Oc1ccc(-c2ccc3c(c2)CCCC3c2ccncc2)cc1O. The zero-order chi connectivity index (χ0) is 16.5. The van der Waals surface area contributed by atoms with E-state index in [0.717, 1.165) is 24.0 Å². The first kappa shape index (κ1) is 14.8. The fourth-order valence-electron chi connectivity index (χ4n) is 3.64. The fourth-order valence-corrected chi connectivity index (χ4v) is 3.64. The van der Waals surface area contributed by atoms with Gasteiger partial charge in [-0.1, -0.05) is 24.3 Å². The molecule has 1 unspecified atom stereocenters. The fraction of sp³-hybridized carbons (Fsp3) is 0.190. The quantitative estimate of drug-likeness (QED) is 0.678. The van der Waals surface area contributed by atoms with Crippen LogP contribution < -0.4 is 0 Å². The van der Waals surface area contributed by atoms with Crippen molar-refractivity contribution in [1.82, 2.24) is 4.98 Å². The summed E-state index contributed by atoms with van der Waals surface area (Å²) in [6, 6.07) is 15.7. The second-order valence-electron chi connectivity index (χ2n) is 6.34. The number of pyridine rings is 1. The predicted molar refractivity (Wildman–Crippen MR) is 94.2 cm³/mol. The lowest BCUT2D eigenvalue weighted by Gasteiger charge is -2.26. The van der Waals surface area contributed by atoms with Gasteiger partial charge in [0.1, 0.15) is 0 Å². The Kier molecular flexibility index (Phi) is 3.69. The second-order valence-corrected chi connectivity index (χ2v) is 6.34. The summed E-state index contributed by atoms with van der Waals surface area (Å²) in [5.41, 5.74) is 6.06. The number of benzene rings is 2. The van der Waals surface area contributed by atoms with Crippen molar-refractivity contribution in [1.29, 1.82) is 0 Å². The van der Waals surface area contributed by atoms with Gasteiger partial charge in [-0.3, -0.25) is 4.98 Å². The molecular weight excluding hydrogens is 298 g/mol. The Balaban J connectivity index is 1.74. The molecular formula is C21H19NO2. The highest BCUT2D eigenvalue weighted by Gasteiger charge is 2.22. The van der Waals surface area contributed by atoms with E-state index in [2.05, 4.69) is 35.3 Å². The number of aryl methyl sites for hydroxylation is 1. The maximum Gasteiger partial charge on any atom is 0.158 e. The second kappa shape index (κ2) is 6.00. The lowest BCUT2D eigenvalue weighted by atomic mass is 9.78. The summed E-state index contributed by atoms with van der Waals surface area (Å²) in [7, 11) is 0. The van der Waals surface area contributed by atoms with Crippen LogP contribution in [0.15, 0.2) is 60.9 Å². The van der Waals surface area contributed by atoms with Crippen molar-refractivity contribution in [2.45, 2.75) is 25.2 Å². The molecule has 0 aliphatic heterocycles. The summed E-state index contributed by atoms with van der Waals surface area (Å²) >= 11 is 0. The molecule has 24 heavy (non-hydrogen) atoms. The molecule has 4 rings (SSSR count). The van der Waals surface area contributed by atoms with E-state index in [9.17, 15) is 10.2 Å². The zero-order valence-corrected chi connectivity index (χ0v) is 13.3. The first-order valence-corrected chi connectivity index (χ1v) is 8.27. The van der Waals surface area contributed by atoms with Crippen molar-refractivity contribution < 1.29 is 10.2 Å². The van der Waals surface area contributed by atoms with Crippen molar-refractivity contribution in [3.05, 3.63) is 77.6 Å². The molecule has 1 aliphatic rings. The van der Waals surface area contributed by atoms with Gasteiger partial charge in [-0.2, -0.15) is 0 Å². The molecule has 0 bridgehead atoms. The number of aromatic nitrogens is 1. The summed E-state index contributed by atoms with van der Waals surface area (Å²) in [6.45, 7) is 0. The van der Waals surface area contributed by atoms with Crippen LogP contribution in [0.5, 0.6) is 11.5 Å². The van der Waals surface area contributed by atoms with E-state index in [-0.39, 0.29) is 11.5 Å². The highest BCUT2D eigenvalue weighted by molar-refractivity contribution is 5.68. The van der Waals surface area contributed by atoms with Crippen LogP contribution in [0.2, 0.25) is 0 Å². The highest BCUT2D eigenvalue weighted by atomic mass is 16.3. The monoisotopic (exact) mass is 317 g/mol. The molecule has 0 spiro atoms. The third-order valence-electron chi connectivity index (χ3n) is 4.87. The van der Waals surface area contributed by atoms with Crippen LogP contribution in [-0.4, -0.2) is 15.2 Å². The van der Waals surface area contributed by atoms with Gasteiger partial charge in [0, 0.05) is 18.3 Å².